The second-order valence-electron chi connectivity index (χ2n) is 6.21. The van der Waals surface area contributed by atoms with Gasteiger partial charge in [0.1, 0.15) is 25.1 Å². The Kier molecular flexibility index (Phi) is 4.59. The number of anilines is 1. The summed E-state index contributed by atoms with van der Waals surface area (Å²) in [6.45, 7) is 2.65. The molecule has 0 aliphatic carbocycles. The van der Waals surface area contributed by atoms with Gasteiger partial charge in [-0.3, -0.25) is 0 Å². The minimum atomic E-state index is -3.60. The van der Waals surface area contributed by atoms with Crippen molar-refractivity contribution in [2.75, 3.05) is 44.3 Å². The molecule has 0 amide bonds. The summed E-state index contributed by atoms with van der Waals surface area (Å²) in [5.41, 5.74) is 0.499. The Morgan fingerprint density at radius 2 is 1.74 bits per heavy atom. The van der Waals surface area contributed by atoms with E-state index in [2.05, 4.69) is 4.98 Å². The molecule has 1 saturated heterocycles. The van der Waals surface area contributed by atoms with Gasteiger partial charge in [-0.25, -0.2) is 13.4 Å². The van der Waals surface area contributed by atoms with Crippen LogP contribution < -0.4 is 14.4 Å². The summed E-state index contributed by atoms with van der Waals surface area (Å²) >= 11 is 0. The predicted octanol–water partition coefficient (Wildman–Crippen LogP) is 1.24. The lowest BCUT2D eigenvalue weighted by molar-refractivity contribution is 0.171. The van der Waals surface area contributed by atoms with E-state index in [9.17, 15) is 8.42 Å². The zero-order valence-corrected chi connectivity index (χ0v) is 15.4. The van der Waals surface area contributed by atoms with Crippen molar-refractivity contribution in [3.63, 3.8) is 0 Å². The van der Waals surface area contributed by atoms with Gasteiger partial charge >= 0.3 is 0 Å². The summed E-state index contributed by atoms with van der Waals surface area (Å²) < 4.78 is 38.3. The van der Waals surface area contributed by atoms with Crippen LogP contribution in [0.5, 0.6) is 11.5 Å². The van der Waals surface area contributed by atoms with Crippen molar-refractivity contribution < 1.29 is 17.9 Å². The molecule has 2 aliphatic rings. The van der Waals surface area contributed by atoms with Crippen LogP contribution in [0.25, 0.3) is 0 Å². The van der Waals surface area contributed by atoms with Crippen molar-refractivity contribution in [1.82, 2.24) is 9.29 Å². The van der Waals surface area contributed by atoms with Crippen LogP contribution in [0, 0.1) is 11.3 Å². The summed E-state index contributed by atoms with van der Waals surface area (Å²) in [5, 5.41) is 8.85. The third-order valence-electron chi connectivity index (χ3n) is 4.59. The number of benzene rings is 1. The van der Waals surface area contributed by atoms with E-state index in [4.69, 9.17) is 14.7 Å². The van der Waals surface area contributed by atoms with Crippen molar-refractivity contribution >= 4 is 15.8 Å². The Hall–Kier alpha value is -2.83. The van der Waals surface area contributed by atoms with E-state index in [1.165, 1.54) is 16.6 Å². The number of rotatable bonds is 3. The first-order valence-corrected chi connectivity index (χ1v) is 10.0. The molecule has 0 atom stereocenters. The Morgan fingerprint density at radius 1 is 1.00 bits per heavy atom. The Bertz CT molecular complexity index is 977. The zero-order chi connectivity index (χ0) is 18.9. The fraction of sp³-hybridized carbons (Fsp3) is 0.333. The summed E-state index contributed by atoms with van der Waals surface area (Å²) in [7, 11) is -3.60. The van der Waals surface area contributed by atoms with Crippen molar-refractivity contribution in [1.29, 1.82) is 5.26 Å². The summed E-state index contributed by atoms with van der Waals surface area (Å²) in [6.07, 6.45) is 1.52. The summed E-state index contributed by atoms with van der Waals surface area (Å²) in [5.74, 6) is 1.77. The van der Waals surface area contributed by atoms with E-state index >= 15 is 0 Å². The third-order valence-corrected chi connectivity index (χ3v) is 6.49. The minimum Gasteiger partial charge on any atom is -0.486 e. The molecule has 1 aromatic carbocycles. The molecule has 140 valence electrons. The van der Waals surface area contributed by atoms with Gasteiger partial charge in [0.05, 0.1) is 10.5 Å². The number of nitriles is 1. The maximum absolute atomic E-state index is 13.0. The van der Waals surface area contributed by atoms with Crippen LogP contribution in [0.3, 0.4) is 0 Å². The normalized spacial score (nSPS) is 17.4. The van der Waals surface area contributed by atoms with Crippen LogP contribution >= 0.6 is 0 Å². The number of nitrogens with zero attached hydrogens (tertiary/aromatic N) is 4. The van der Waals surface area contributed by atoms with E-state index < -0.39 is 10.0 Å². The van der Waals surface area contributed by atoms with Crippen LogP contribution in [0.1, 0.15) is 5.56 Å². The maximum atomic E-state index is 13.0. The van der Waals surface area contributed by atoms with E-state index in [0.717, 1.165) is 5.82 Å². The number of piperazine rings is 1. The molecule has 2 aliphatic heterocycles. The van der Waals surface area contributed by atoms with Gasteiger partial charge in [0.2, 0.25) is 10.0 Å². The van der Waals surface area contributed by atoms with Crippen molar-refractivity contribution in [3.05, 3.63) is 42.1 Å². The van der Waals surface area contributed by atoms with Crippen LogP contribution in [-0.4, -0.2) is 57.1 Å². The van der Waals surface area contributed by atoms with Gasteiger partial charge in [-0.05, 0) is 24.3 Å². The second kappa shape index (κ2) is 7.06. The molecule has 0 unspecified atom stereocenters. The van der Waals surface area contributed by atoms with Gasteiger partial charge in [0, 0.05) is 38.4 Å². The van der Waals surface area contributed by atoms with Gasteiger partial charge < -0.3 is 14.4 Å². The number of pyridine rings is 1. The zero-order valence-electron chi connectivity index (χ0n) is 14.5. The summed E-state index contributed by atoms with van der Waals surface area (Å²) in [4.78, 5) is 6.49. The highest BCUT2D eigenvalue weighted by atomic mass is 32.2. The molecule has 0 radical (unpaired) electrons. The lowest BCUT2D eigenvalue weighted by atomic mass is 10.3. The van der Waals surface area contributed by atoms with Gasteiger partial charge in [0.15, 0.2) is 11.5 Å². The monoisotopic (exact) mass is 386 g/mol. The molecule has 0 bridgehead atoms. The van der Waals surface area contributed by atoms with Crippen molar-refractivity contribution in [3.8, 4) is 17.6 Å². The van der Waals surface area contributed by atoms with Gasteiger partial charge in [-0.2, -0.15) is 9.57 Å². The summed E-state index contributed by atoms with van der Waals surface area (Å²) in [6, 6.07) is 10.2. The van der Waals surface area contributed by atoms with E-state index in [0.29, 0.717) is 56.5 Å². The molecular formula is C18H18N4O4S. The molecular weight excluding hydrogens is 368 g/mol. The Balaban J connectivity index is 1.47. The highest BCUT2D eigenvalue weighted by Gasteiger charge is 2.30. The molecule has 0 spiro atoms. The Labute approximate surface area is 157 Å². The fourth-order valence-electron chi connectivity index (χ4n) is 3.13. The van der Waals surface area contributed by atoms with E-state index in [1.54, 1.807) is 24.3 Å². The first kappa shape index (κ1) is 17.6. The first-order valence-electron chi connectivity index (χ1n) is 8.59. The van der Waals surface area contributed by atoms with Crippen LogP contribution in [-0.2, 0) is 10.0 Å². The standard InChI is InChI=1S/C18H18N4O4S/c19-12-14-1-4-18(20-13-14)21-5-7-22(8-6-21)27(23,24)15-2-3-16-17(11-15)26-10-9-25-16/h1-4,11,13H,5-10H2. The van der Waals surface area contributed by atoms with E-state index in [-0.39, 0.29) is 4.90 Å². The maximum Gasteiger partial charge on any atom is 0.243 e. The van der Waals surface area contributed by atoms with Gasteiger partial charge in [0.25, 0.3) is 0 Å². The predicted molar refractivity (Wildman–Crippen MR) is 97.4 cm³/mol. The molecule has 9 heteroatoms. The molecule has 2 aromatic rings. The fourth-order valence-corrected chi connectivity index (χ4v) is 4.57. The largest absolute Gasteiger partial charge is 0.486 e. The Morgan fingerprint density at radius 3 is 2.41 bits per heavy atom. The lowest BCUT2D eigenvalue weighted by Gasteiger charge is -2.34. The molecule has 1 fully saturated rings. The topological polar surface area (TPSA) is 95.8 Å². The molecule has 4 rings (SSSR count). The van der Waals surface area contributed by atoms with Crippen LogP contribution in [0.15, 0.2) is 41.4 Å². The molecule has 27 heavy (non-hydrogen) atoms. The molecule has 0 saturated carbocycles. The third kappa shape index (κ3) is 3.41. The second-order valence-corrected chi connectivity index (χ2v) is 8.15. The number of sulfonamides is 1. The SMILES string of the molecule is N#Cc1ccc(N2CCN(S(=O)(=O)c3ccc4c(c3)OCCO4)CC2)nc1. The first-order chi connectivity index (χ1) is 13.1. The highest BCUT2D eigenvalue weighted by Crippen LogP contribution is 2.33. The molecule has 0 N–H and O–H groups in total. The minimum absolute atomic E-state index is 0.205. The quantitative estimate of drug-likeness (QED) is 0.783. The smallest absolute Gasteiger partial charge is 0.243 e. The average Bonchev–Trinajstić information content (AvgIpc) is 2.73. The van der Waals surface area contributed by atoms with Crippen molar-refractivity contribution in [2.24, 2.45) is 0 Å². The van der Waals surface area contributed by atoms with Crippen LogP contribution in [0.4, 0.5) is 5.82 Å². The molecule has 8 nitrogen and oxygen atoms in total. The molecule has 1 aromatic heterocycles. The van der Waals surface area contributed by atoms with E-state index in [1.807, 2.05) is 11.0 Å². The number of hydrogen-bond donors (Lipinski definition) is 0. The molecule has 3 heterocycles. The number of aromatic nitrogens is 1. The van der Waals surface area contributed by atoms with Gasteiger partial charge in [-0.1, -0.05) is 0 Å². The average molecular weight is 386 g/mol. The lowest BCUT2D eigenvalue weighted by Crippen LogP contribution is -2.48. The number of ether oxygens (including phenoxy) is 2. The van der Waals surface area contributed by atoms with Crippen LogP contribution in [0.2, 0.25) is 0 Å². The highest BCUT2D eigenvalue weighted by molar-refractivity contribution is 7.89. The number of hydrogen-bond acceptors (Lipinski definition) is 7. The van der Waals surface area contributed by atoms with Crippen molar-refractivity contribution in [2.45, 2.75) is 4.90 Å². The number of fused-ring (bicyclic) bond motifs is 1. The van der Waals surface area contributed by atoms with Gasteiger partial charge in [-0.15, -0.1) is 0 Å².